The lowest BCUT2D eigenvalue weighted by Gasteiger charge is -2.19. The van der Waals surface area contributed by atoms with E-state index in [1.165, 1.54) is 0 Å². The first kappa shape index (κ1) is 25.4. The molecule has 0 amide bonds. The van der Waals surface area contributed by atoms with Crippen molar-refractivity contribution in [1.29, 1.82) is 0 Å². The summed E-state index contributed by atoms with van der Waals surface area (Å²) in [6, 6.07) is 7.92. The SMILES string of the molecule is CCCn1c(C)c(Cl)c2cc(Nc3nccc(-n4cc(CN5CC(O)C(O)C5I)c(C)n4)n3)ccc21. The molecule has 11 heteroatoms. The quantitative estimate of drug-likeness (QED) is 0.160. The van der Waals surface area contributed by atoms with Gasteiger partial charge in [-0.15, -0.1) is 0 Å². The van der Waals surface area contributed by atoms with Crippen molar-refractivity contribution in [3.05, 3.63) is 58.6 Å². The standard InChI is InChI=1S/C25H29ClIN7O2/c1-4-9-33-15(3)22(26)18-10-17(5-6-19(18)33)29-25-28-8-7-21(30-25)34-12-16(14(2)31-34)11-32-13-20(35)23(36)24(32)27/h5-8,10,12,20,23-24,35-36H,4,9,11,13H2,1-3H3,(H,28,29,30). The minimum absolute atomic E-state index is 0.149. The molecule has 3 atom stereocenters. The number of aromatic nitrogens is 5. The van der Waals surface area contributed by atoms with E-state index in [4.69, 9.17) is 11.6 Å². The van der Waals surface area contributed by atoms with Gasteiger partial charge in [0.1, 0.15) is 6.10 Å². The molecule has 5 rings (SSSR count). The summed E-state index contributed by atoms with van der Waals surface area (Å²) in [4.78, 5) is 11.1. The number of fused-ring (bicyclic) bond motifs is 1. The summed E-state index contributed by atoms with van der Waals surface area (Å²) >= 11 is 8.81. The van der Waals surface area contributed by atoms with E-state index in [2.05, 4.69) is 60.5 Å². The van der Waals surface area contributed by atoms with Gasteiger partial charge in [0.05, 0.1) is 20.9 Å². The Morgan fingerprint density at radius 1 is 1.22 bits per heavy atom. The average Bonchev–Trinajstić information content (AvgIpc) is 3.43. The number of benzene rings is 1. The Bertz CT molecular complexity index is 1400. The topological polar surface area (TPSA) is 104 Å². The largest absolute Gasteiger partial charge is 0.389 e. The maximum absolute atomic E-state index is 10.1. The van der Waals surface area contributed by atoms with Gasteiger partial charge in [-0.2, -0.15) is 10.1 Å². The number of aryl methyl sites for hydroxylation is 2. The third-order valence-electron chi connectivity index (χ3n) is 6.65. The molecule has 4 heterocycles. The van der Waals surface area contributed by atoms with Gasteiger partial charge in [0, 0.05) is 65.9 Å². The highest BCUT2D eigenvalue weighted by molar-refractivity contribution is 14.1. The third kappa shape index (κ3) is 4.72. The number of β-amino-alcohol motifs (C(OH)–C–C–N with tert-alkyl or cyclic N) is 1. The molecule has 1 aromatic carbocycles. The molecule has 190 valence electrons. The fraction of sp³-hybridized carbons (Fsp3) is 0.400. The van der Waals surface area contributed by atoms with Crippen LogP contribution in [0.4, 0.5) is 11.6 Å². The number of anilines is 2. The van der Waals surface area contributed by atoms with Gasteiger partial charge in [0.25, 0.3) is 0 Å². The molecule has 1 fully saturated rings. The molecule has 3 aromatic heterocycles. The predicted molar refractivity (Wildman–Crippen MR) is 149 cm³/mol. The second-order valence-corrected chi connectivity index (χ2v) is 10.8. The van der Waals surface area contributed by atoms with Gasteiger partial charge in [-0.25, -0.2) is 9.67 Å². The molecule has 4 aromatic rings. The first-order valence-electron chi connectivity index (χ1n) is 11.9. The van der Waals surface area contributed by atoms with Crippen molar-refractivity contribution >= 4 is 56.7 Å². The first-order valence-corrected chi connectivity index (χ1v) is 13.6. The first-order chi connectivity index (χ1) is 17.3. The predicted octanol–water partition coefficient (Wildman–Crippen LogP) is 4.34. The number of aliphatic hydroxyl groups is 2. The highest BCUT2D eigenvalue weighted by Crippen LogP contribution is 2.33. The fourth-order valence-corrected chi connectivity index (χ4v) is 5.84. The van der Waals surface area contributed by atoms with E-state index in [1.807, 2.05) is 37.1 Å². The van der Waals surface area contributed by atoms with Gasteiger partial charge in [-0.3, -0.25) is 4.90 Å². The highest BCUT2D eigenvalue weighted by Gasteiger charge is 2.38. The number of nitrogens with one attached hydrogen (secondary N) is 1. The van der Waals surface area contributed by atoms with Gasteiger partial charge in [-0.05, 0) is 38.5 Å². The summed E-state index contributed by atoms with van der Waals surface area (Å²) in [5.41, 5.74) is 4.92. The number of alkyl halides is 1. The van der Waals surface area contributed by atoms with Gasteiger partial charge >= 0.3 is 0 Å². The average molecular weight is 622 g/mol. The summed E-state index contributed by atoms with van der Waals surface area (Å²) in [5, 5.41) is 29.8. The molecule has 0 spiro atoms. The van der Waals surface area contributed by atoms with E-state index in [-0.39, 0.29) is 4.05 Å². The molecule has 0 radical (unpaired) electrons. The van der Waals surface area contributed by atoms with Crippen LogP contribution in [0.5, 0.6) is 0 Å². The van der Waals surface area contributed by atoms with Gasteiger partial charge in [0.2, 0.25) is 5.95 Å². The lowest BCUT2D eigenvalue weighted by Crippen LogP contribution is -2.30. The van der Waals surface area contributed by atoms with Crippen LogP contribution in [0.1, 0.15) is 30.3 Å². The van der Waals surface area contributed by atoms with E-state index in [9.17, 15) is 10.2 Å². The molecule has 1 saturated heterocycles. The molecule has 0 bridgehead atoms. The van der Waals surface area contributed by atoms with Crippen LogP contribution in [0.25, 0.3) is 16.7 Å². The van der Waals surface area contributed by atoms with Crippen LogP contribution in [0.2, 0.25) is 5.02 Å². The maximum Gasteiger partial charge on any atom is 0.229 e. The minimum atomic E-state index is -0.750. The van der Waals surface area contributed by atoms with Crippen LogP contribution < -0.4 is 5.32 Å². The Balaban J connectivity index is 1.37. The van der Waals surface area contributed by atoms with Crippen molar-refractivity contribution in [3.8, 4) is 5.82 Å². The Kier molecular flexibility index (Phi) is 7.23. The second kappa shape index (κ2) is 10.3. The molecule has 0 saturated carbocycles. The van der Waals surface area contributed by atoms with E-state index in [1.54, 1.807) is 16.9 Å². The van der Waals surface area contributed by atoms with Crippen molar-refractivity contribution in [2.45, 2.75) is 56.5 Å². The van der Waals surface area contributed by atoms with Crippen LogP contribution in [0.15, 0.2) is 36.7 Å². The molecule has 9 nitrogen and oxygen atoms in total. The molecule has 3 unspecified atom stereocenters. The number of hydrogen-bond donors (Lipinski definition) is 3. The zero-order chi connectivity index (χ0) is 25.6. The summed E-state index contributed by atoms with van der Waals surface area (Å²) in [7, 11) is 0. The zero-order valence-electron chi connectivity index (χ0n) is 20.4. The van der Waals surface area contributed by atoms with Crippen LogP contribution >= 0.6 is 34.2 Å². The fourth-order valence-electron chi connectivity index (χ4n) is 4.68. The Morgan fingerprint density at radius 2 is 2.03 bits per heavy atom. The lowest BCUT2D eigenvalue weighted by molar-refractivity contribution is 0.0547. The summed E-state index contributed by atoms with van der Waals surface area (Å²) < 4.78 is 3.83. The molecular weight excluding hydrogens is 593 g/mol. The highest BCUT2D eigenvalue weighted by atomic mass is 127. The molecule has 0 aliphatic carbocycles. The zero-order valence-corrected chi connectivity index (χ0v) is 23.3. The lowest BCUT2D eigenvalue weighted by atomic mass is 10.2. The van der Waals surface area contributed by atoms with Gasteiger partial charge < -0.3 is 20.1 Å². The normalized spacial score (nSPS) is 20.5. The van der Waals surface area contributed by atoms with Gasteiger partial charge in [-0.1, -0.05) is 41.1 Å². The van der Waals surface area contributed by atoms with Crippen LogP contribution in [0.3, 0.4) is 0 Å². The van der Waals surface area contributed by atoms with Gasteiger partial charge in [0.15, 0.2) is 5.82 Å². The summed E-state index contributed by atoms with van der Waals surface area (Å²) in [6.07, 6.45) is 3.19. The van der Waals surface area contributed by atoms with Crippen molar-refractivity contribution in [2.24, 2.45) is 0 Å². The molecule has 36 heavy (non-hydrogen) atoms. The number of nitrogens with zero attached hydrogens (tertiary/aromatic N) is 6. The Labute approximate surface area is 228 Å². The number of aliphatic hydroxyl groups excluding tert-OH is 2. The number of likely N-dealkylation sites (tertiary alicyclic amines) is 1. The number of halogens is 2. The maximum atomic E-state index is 10.1. The van der Waals surface area contributed by atoms with Crippen LogP contribution in [-0.4, -0.2) is 62.2 Å². The Hall–Kier alpha value is -2.25. The smallest absolute Gasteiger partial charge is 0.229 e. The number of rotatable bonds is 7. The van der Waals surface area contributed by atoms with Crippen molar-refractivity contribution in [1.82, 2.24) is 29.2 Å². The van der Waals surface area contributed by atoms with E-state index in [0.717, 1.165) is 51.5 Å². The number of hydrogen-bond acceptors (Lipinski definition) is 7. The van der Waals surface area contributed by atoms with Crippen molar-refractivity contribution in [2.75, 3.05) is 11.9 Å². The monoisotopic (exact) mass is 621 g/mol. The summed E-state index contributed by atoms with van der Waals surface area (Å²) in [6.45, 7) is 8.09. The van der Waals surface area contributed by atoms with Crippen molar-refractivity contribution < 1.29 is 10.2 Å². The second-order valence-electron chi connectivity index (χ2n) is 9.19. The van der Waals surface area contributed by atoms with E-state index >= 15 is 0 Å². The van der Waals surface area contributed by atoms with Crippen LogP contribution in [0, 0.1) is 13.8 Å². The molecule has 1 aliphatic rings. The van der Waals surface area contributed by atoms with E-state index in [0.29, 0.717) is 24.9 Å². The van der Waals surface area contributed by atoms with Crippen molar-refractivity contribution in [3.63, 3.8) is 0 Å². The van der Waals surface area contributed by atoms with E-state index < -0.39 is 12.2 Å². The summed E-state index contributed by atoms with van der Waals surface area (Å²) in [5.74, 6) is 1.10. The molecule has 1 aliphatic heterocycles. The third-order valence-corrected chi connectivity index (χ3v) is 8.65. The Morgan fingerprint density at radius 3 is 2.75 bits per heavy atom. The molecular formula is C25H29ClIN7O2. The molecule has 3 N–H and O–H groups in total. The van der Waals surface area contributed by atoms with Crippen LogP contribution in [-0.2, 0) is 13.1 Å². The minimum Gasteiger partial charge on any atom is -0.389 e.